The predicted octanol–water partition coefficient (Wildman–Crippen LogP) is 5.25. The highest BCUT2D eigenvalue weighted by Crippen LogP contribution is 2.25. The first kappa shape index (κ1) is 26.1. The van der Waals surface area contributed by atoms with Crippen LogP contribution >= 0.6 is 0 Å². The summed E-state index contributed by atoms with van der Waals surface area (Å²) in [4.78, 5) is 40.6. The highest BCUT2D eigenvalue weighted by atomic mass is 16.6. The van der Waals surface area contributed by atoms with Gasteiger partial charge in [-0.15, -0.1) is 0 Å². The van der Waals surface area contributed by atoms with Crippen molar-refractivity contribution in [1.82, 2.24) is 10.2 Å². The molecule has 35 heavy (non-hydrogen) atoms. The number of benzene rings is 2. The van der Waals surface area contributed by atoms with E-state index in [-0.39, 0.29) is 31.4 Å². The Morgan fingerprint density at radius 1 is 1.06 bits per heavy atom. The fourth-order valence-corrected chi connectivity index (χ4v) is 3.65. The number of hydrogen-bond acceptors (Lipinski definition) is 5. The number of urea groups is 1. The molecule has 0 saturated carbocycles. The fourth-order valence-electron chi connectivity index (χ4n) is 3.65. The summed E-state index contributed by atoms with van der Waals surface area (Å²) >= 11 is 0. The maximum Gasteiger partial charge on any atom is 0.407 e. The van der Waals surface area contributed by atoms with Crippen molar-refractivity contribution in [1.29, 1.82) is 0 Å². The van der Waals surface area contributed by atoms with Gasteiger partial charge in [0.2, 0.25) is 5.91 Å². The summed E-state index contributed by atoms with van der Waals surface area (Å²) in [5, 5.41) is 2.73. The summed E-state index contributed by atoms with van der Waals surface area (Å²) in [7, 11) is 0. The molecule has 1 heterocycles. The van der Waals surface area contributed by atoms with Gasteiger partial charge in [0, 0.05) is 25.2 Å². The fraction of sp³-hybridized carbons (Fsp3) is 0.444. The maximum atomic E-state index is 13.2. The molecule has 4 amide bonds. The third kappa shape index (κ3) is 7.73. The first-order valence-electron chi connectivity index (χ1n) is 12.1. The van der Waals surface area contributed by atoms with Crippen molar-refractivity contribution in [3.8, 4) is 5.75 Å². The first-order chi connectivity index (χ1) is 16.7. The third-order valence-electron chi connectivity index (χ3n) is 5.39. The molecule has 1 N–H and O–H groups in total. The number of ether oxygens (including phenoxy) is 2. The van der Waals surface area contributed by atoms with Crippen LogP contribution < -0.4 is 15.0 Å². The van der Waals surface area contributed by atoms with Gasteiger partial charge in [0.25, 0.3) is 0 Å². The van der Waals surface area contributed by atoms with Crippen LogP contribution in [-0.4, -0.2) is 41.7 Å². The molecule has 1 aliphatic heterocycles. The monoisotopic (exact) mass is 481 g/mol. The van der Waals surface area contributed by atoms with Crippen LogP contribution in [0.25, 0.3) is 0 Å². The second-order valence-electron chi connectivity index (χ2n) is 9.54. The van der Waals surface area contributed by atoms with E-state index in [1.165, 1.54) is 4.90 Å². The summed E-state index contributed by atoms with van der Waals surface area (Å²) in [6.07, 6.45) is 1.80. The number of imide groups is 1. The van der Waals surface area contributed by atoms with Gasteiger partial charge in [-0.25, -0.2) is 9.59 Å². The molecule has 1 saturated heterocycles. The number of nitrogens with zero attached hydrogens (tertiary/aromatic N) is 2. The lowest BCUT2D eigenvalue weighted by atomic mass is 10.1. The standard InChI is InChI=1S/C27H35N3O5/c1-5-6-16-34-23-12-10-22(11-13-23)29-15-14-24(31)30(26(29)33)19-21-9-7-8-20(17-21)18-28-25(32)35-27(2,3)4/h7-13,17H,5-6,14-16,18-19H2,1-4H3,(H,28,32). The quantitative estimate of drug-likeness (QED) is 0.494. The number of amides is 4. The maximum absolute atomic E-state index is 13.2. The molecule has 2 aromatic rings. The number of hydrogen-bond donors (Lipinski definition) is 1. The minimum atomic E-state index is -0.574. The van der Waals surface area contributed by atoms with E-state index in [1.54, 1.807) is 25.7 Å². The molecule has 8 nitrogen and oxygen atoms in total. The third-order valence-corrected chi connectivity index (χ3v) is 5.39. The Bertz CT molecular complexity index is 1030. The summed E-state index contributed by atoms with van der Waals surface area (Å²) in [6, 6.07) is 14.5. The summed E-state index contributed by atoms with van der Waals surface area (Å²) in [6.45, 7) is 8.96. The molecule has 8 heteroatoms. The van der Waals surface area contributed by atoms with Crippen LogP contribution in [0.3, 0.4) is 0 Å². The van der Waals surface area contributed by atoms with Gasteiger partial charge >= 0.3 is 12.1 Å². The van der Waals surface area contributed by atoms with Crippen LogP contribution in [0.5, 0.6) is 5.75 Å². The SMILES string of the molecule is CCCCOc1ccc(N2CCC(=O)N(Cc3cccc(CNC(=O)OC(C)(C)C)c3)C2=O)cc1. The Morgan fingerprint density at radius 2 is 1.77 bits per heavy atom. The van der Waals surface area contributed by atoms with Gasteiger partial charge in [0.15, 0.2) is 0 Å². The molecule has 0 aliphatic carbocycles. The van der Waals surface area contributed by atoms with Crippen molar-refractivity contribution in [2.45, 2.75) is 65.6 Å². The molecular weight excluding hydrogens is 446 g/mol. The molecule has 3 rings (SSSR count). The van der Waals surface area contributed by atoms with E-state index >= 15 is 0 Å². The molecule has 0 atom stereocenters. The topological polar surface area (TPSA) is 88.2 Å². The summed E-state index contributed by atoms with van der Waals surface area (Å²) < 4.78 is 11.0. The molecule has 0 bridgehead atoms. The van der Waals surface area contributed by atoms with Crippen LogP contribution in [0.4, 0.5) is 15.3 Å². The molecule has 0 spiro atoms. The van der Waals surface area contributed by atoms with Gasteiger partial charge in [0.05, 0.1) is 13.2 Å². The van der Waals surface area contributed by atoms with Crippen LogP contribution in [-0.2, 0) is 22.6 Å². The second-order valence-corrected chi connectivity index (χ2v) is 9.54. The molecule has 1 fully saturated rings. The van der Waals surface area contributed by atoms with Gasteiger partial charge in [-0.1, -0.05) is 37.6 Å². The highest BCUT2D eigenvalue weighted by Gasteiger charge is 2.32. The first-order valence-corrected chi connectivity index (χ1v) is 12.1. The number of unbranched alkanes of at least 4 members (excludes halogenated alkanes) is 1. The van der Waals surface area contributed by atoms with Gasteiger partial charge in [0.1, 0.15) is 11.4 Å². The van der Waals surface area contributed by atoms with Crippen molar-refractivity contribution in [2.24, 2.45) is 0 Å². The molecule has 2 aromatic carbocycles. The van der Waals surface area contributed by atoms with E-state index in [2.05, 4.69) is 12.2 Å². The predicted molar refractivity (Wildman–Crippen MR) is 134 cm³/mol. The lowest BCUT2D eigenvalue weighted by Crippen LogP contribution is -2.52. The van der Waals surface area contributed by atoms with Crippen molar-refractivity contribution >= 4 is 23.7 Å². The number of alkyl carbamates (subject to hydrolysis) is 1. The van der Waals surface area contributed by atoms with Crippen molar-refractivity contribution in [3.63, 3.8) is 0 Å². The molecule has 0 aromatic heterocycles. The van der Waals surface area contributed by atoms with Gasteiger partial charge in [-0.2, -0.15) is 0 Å². The smallest absolute Gasteiger partial charge is 0.407 e. The second kappa shape index (κ2) is 11.7. The normalized spacial score (nSPS) is 14.2. The number of rotatable bonds is 9. The Labute approximate surface area is 207 Å². The van der Waals surface area contributed by atoms with E-state index < -0.39 is 11.7 Å². The van der Waals surface area contributed by atoms with Crippen LogP contribution in [0.15, 0.2) is 48.5 Å². The van der Waals surface area contributed by atoms with Gasteiger partial charge in [-0.3, -0.25) is 14.6 Å². The largest absolute Gasteiger partial charge is 0.494 e. The Kier molecular flexibility index (Phi) is 8.73. The minimum Gasteiger partial charge on any atom is -0.494 e. The van der Waals surface area contributed by atoms with E-state index in [1.807, 2.05) is 48.5 Å². The number of nitrogens with one attached hydrogen (secondary N) is 1. The zero-order valence-corrected chi connectivity index (χ0v) is 21.0. The average molecular weight is 482 g/mol. The van der Waals surface area contributed by atoms with Gasteiger partial charge < -0.3 is 14.8 Å². The summed E-state index contributed by atoms with van der Waals surface area (Å²) in [5.74, 6) is 0.555. The molecule has 0 unspecified atom stereocenters. The Morgan fingerprint density at radius 3 is 2.46 bits per heavy atom. The summed E-state index contributed by atoms with van der Waals surface area (Å²) in [5.41, 5.74) is 1.80. The Hall–Kier alpha value is -3.55. The minimum absolute atomic E-state index is 0.159. The van der Waals surface area contributed by atoms with Crippen LogP contribution in [0.1, 0.15) is 58.1 Å². The molecule has 188 valence electrons. The van der Waals surface area contributed by atoms with Crippen molar-refractivity contribution in [3.05, 3.63) is 59.7 Å². The van der Waals surface area contributed by atoms with Crippen LogP contribution in [0.2, 0.25) is 0 Å². The van der Waals surface area contributed by atoms with Crippen LogP contribution in [0, 0.1) is 0 Å². The molecule has 1 aliphatic rings. The lowest BCUT2D eigenvalue weighted by molar-refractivity contribution is -0.129. The average Bonchev–Trinajstić information content (AvgIpc) is 2.80. The zero-order valence-electron chi connectivity index (χ0n) is 21.0. The number of carbonyl (C=O) groups excluding carboxylic acids is 3. The van der Waals surface area contributed by atoms with E-state index in [0.717, 1.165) is 35.4 Å². The number of anilines is 1. The van der Waals surface area contributed by atoms with Crippen molar-refractivity contribution < 1.29 is 23.9 Å². The van der Waals surface area contributed by atoms with E-state index in [4.69, 9.17) is 9.47 Å². The number of carbonyl (C=O) groups is 3. The molecular formula is C27H35N3O5. The van der Waals surface area contributed by atoms with Gasteiger partial charge in [-0.05, 0) is 62.6 Å². The van der Waals surface area contributed by atoms with E-state index in [9.17, 15) is 14.4 Å². The van der Waals surface area contributed by atoms with E-state index in [0.29, 0.717) is 13.2 Å². The van der Waals surface area contributed by atoms with Crippen molar-refractivity contribution in [2.75, 3.05) is 18.1 Å². The highest BCUT2D eigenvalue weighted by molar-refractivity contribution is 6.05. The molecule has 0 radical (unpaired) electrons. The lowest BCUT2D eigenvalue weighted by Gasteiger charge is -2.34. The zero-order chi connectivity index (χ0) is 25.4. The Balaban J connectivity index is 1.63.